The van der Waals surface area contributed by atoms with E-state index in [1.165, 1.54) is 4.31 Å². The number of amides is 1. The molecule has 0 unspecified atom stereocenters. The predicted octanol–water partition coefficient (Wildman–Crippen LogP) is 1.88. The van der Waals surface area contributed by atoms with Crippen molar-refractivity contribution in [2.45, 2.75) is 49.6 Å². The summed E-state index contributed by atoms with van der Waals surface area (Å²) >= 11 is 0. The summed E-state index contributed by atoms with van der Waals surface area (Å²) < 4.78 is 39.5. The monoisotopic (exact) mass is 396 g/mol. The SMILES string of the molecule is CCCC(=O)N1CC[C@@H]2Oc3ccccc3S(=O)(=O)N(CCOC)[C@@H]2CC1. The van der Waals surface area contributed by atoms with Gasteiger partial charge < -0.3 is 14.4 Å². The first-order valence-electron chi connectivity index (χ1n) is 9.53. The number of rotatable bonds is 5. The normalized spacial score (nSPS) is 24.9. The van der Waals surface area contributed by atoms with Gasteiger partial charge in [0.05, 0.1) is 12.6 Å². The maximum absolute atomic E-state index is 13.3. The lowest BCUT2D eigenvalue weighted by atomic mass is 10.1. The van der Waals surface area contributed by atoms with Crippen molar-refractivity contribution in [3.63, 3.8) is 0 Å². The van der Waals surface area contributed by atoms with E-state index in [0.29, 0.717) is 44.7 Å². The van der Waals surface area contributed by atoms with E-state index in [-0.39, 0.29) is 29.5 Å². The van der Waals surface area contributed by atoms with Gasteiger partial charge in [0.2, 0.25) is 15.9 Å². The highest BCUT2D eigenvalue weighted by Gasteiger charge is 2.43. The first-order chi connectivity index (χ1) is 13.0. The van der Waals surface area contributed by atoms with Gasteiger partial charge in [0.25, 0.3) is 0 Å². The number of hydrogen-bond donors (Lipinski definition) is 0. The summed E-state index contributed by atoms with van der Waals surface area (Å²) in [6, 6.07) is 6.46. The number of ether oxygens (including phenoxy) is 2. The molecule has 2 aliphatic rings. The zero-order valence-electron chi connectivity index (χ0n) is 16.0. The van der Waals surface area contributed by atoms with Crippen LogP contribution >= 0.6 is 0 Å². The van der Waals surface area contributed by atoms with Crippen molar-refractivity contribution < 1.29 is 22.7 Å². The number of methoxy groups -OCH3 is 1. The molecule has 2 heterocycles. The molecule has 7 nitrogen and oxygen atoms in total. The second-order valence-corrected chi connectivity index (χ2v) is 8.85. The number of carbonyl (C=O) groups is 1. The number of fused-ring (bicyclic) bond motifs is 2. The summed E-state index contributed by atoms with van der Waals surface area (Å²) in [5.41, 5.74) is 0. The minimum atomic E-state index is -3.70. The van der Waals surface area contributed by atoms with Gasteiger partial charge in [-0.25, -0.2) is 8.42 Å². The average Bonchev–Trinajstić information content (AvgIpc) is 2.89. The third-order valence-corrected chi connectivity index (χ3v) is 7.19. The summed E-state index contributed by atoms with van der Waals surface area (Å²) in [4.78, 5) is 14.4. The molecule has 1 saturated heterocycles. The van der Waals surface area contributed by atoms with E-state index in [1.54, 1.807) is 31.4 Å². The van der Waals surface area contributed by atoms with Crippen LogP contribution in [0.25, 0.3) is 0 Å². The summed E-state index contributed by atoms with van der Waals surface area (Å²) in [6.07, 6.45) is 2.19. The van der Waals surface area contributed by atoms with Crippen LogP contribution in [0.2, 0.25) is 0 Å². The Morgan fingerprint density at radius 1 is 1.26 bits per heavy atom. The Bertz CT molecular complexity index is 767. The van der Waals surface area contributed by atoms with Crippen LogP contribution in [0.5, 0.6) is 5.75 Å². The van der Waals surface area contributed by atoms with E-state index in [2.05, 4.69) is 0 Å². The maximum Gasteiger partial charge on any atom is 0.247 e. The van der Waals surface area contributed by atoms with Gasteiger partial charge in [-0.2, -0.15) is 4.31 Å². The van der Waals surface area contributed by atoms with E-state index in [4.69, 9.17) is 9.47 Å². The zero-order valence-corrected chi connectivity index (χ0v) is 16.8. The minimum Gasteiger partial charge on any atom is -0.487 e. The molecule has 150 valence electrons. The van der Waals surface area contributed by atoms with E-state index in [9.17, 15) is 13.2 Å². The van der Waals surface area contributed by atoms with Crippen molar-refractivity contribution in [3.8, 4) is 5.75 Å². The lowest BCUT2D eigenvalue weighted by Crippen LogP contribution is -2.48. The fourth-order valence-electron chi connectivity index (χ4n) is 3.85. The standard InChI is InChI=1S/C19H28N2O5S/c1-3-6-19(22)20-11-9-15-16(10-12-20)26-17-7-4-5-8-18(17)27(23,24)21(15)13-14-25-2/h4-5,7-8,15-16H,3,6,9-14H2,1-2H3/t15-,16+/m1/s1. The molecule has 2 atom stereocenters. The number of para-hydroxylation sites is 1. The minimum absolute atomic E-state index is 0.126. The van der Waals surface area contributed by atoms with Crippen molar-refractivity contribution in [2.24, 2.45) is 0 Å². The molecule has 0 aromatic heterocycles. The molecule has 1 amide bonds. The molecule has 8 heteroatoms. The fraction of sp³-hybridized carbons (Fsp3) is 0.632. The Kier molecular flexibility index (Phi) is 6.39. The molecule has 1 aromatic carbocycles. The van der Waals surface area contributed by atoms with Crippen LogP contribution < -0.4 is 4.74 Å². The third-order valence-electron chi connectivity index (χ3n) is 5.22. The Morgan fingerprint density at radius 3 is 2.74 bits per heavy atom. The van der Waals surface area contributed by atoms with E-state index in [0.717, 1.165) is 6.42 Å². The summed E-state index contributed by atoms with van der Waals surface area (Å²) in [5, 5.41) is 0. The second-order valence-electron chi connectivity index (χ2n) is 6.99. The van der Waals surface area contributed by atoms with Crippen molar-refractivity contribution in [1.82, 2.24) is 9.21 Å². The van der Waals surface area contributed by atoms with Crippen molar-refractivity contribution >= 4 is 15.9 Å². The highest BCUT2D eigenvalue weighted by molar-refractivity contribution is 7.89. The van der Waals surface area contributed by atoms with Crippen LogP contribution in [0.4, 0.5) is 0 Å². The van der Waals surface area contributed by atoms with Crippen LogP contribution in [-0.4, -0.2) is 69.0 Å². The van der Waals surface area contributed by atoms with Gasteiger partial charge in [-0.15, -0.1) is 0 Å². The van der Waals surface area contributed by atoms with Crippen LogP contribution in [0.3, 0.4) is 0 Å². The molecular weight excluding hydrogens is 368 g/mol. The smallest absolute Gasteiger partial charge is 0.247 e. The number of likely N-dealkylation sites (tertiary alicyclic amines) is 1. The number of hydrogen-bond acceptors (Lipinski definition) is 5. The highest BCUT2D eigenvalue weighted by atomic mass is 32.2. The molecule has 1 fully saturated rings. The van der Waals surface area contributed by atoms with Gasteiger partial charge in [0.15, 0.2) is 0 Å². The molecule has 3 rings (SSSR count). The Labute approximate surface area is 161 Å². The summed E-state index contributed by atoms with van der Waals surface area (Å²) in [7, 11) is -2.14. The molecule has 1 aromatic rings. The molecule has 0 bridgehead atoms. The highest BCUT2D eigenvalue weighted by Crippen LogP contribution is 2.36. The number of nitrogens with zero attached hydrogens (tertiary/aromatic N) is 2. The molecule has 2 aliphatic heterocycles. The third kappa shape index (κ3) is 4.12. The van der Waals surface area contributed by atoms with Crippen LogP contribution in [0, 0.1) is 0 Å². The van der Waals surface area contributed by atoms with Crippen LogP contribution in [0.1, 0.15) is 32.6 Å². The first kappa shape index (κ1) is 20.1. The van der Waals surface area contributed by atoms with Crippen LogP contribution in [0.15, 0.2) is 29.2 Å². The second kappa shape index (κ2) is 8.58. The molecule has 0 radical (unpaired) electrons. The molecule has 0 N–H and O–H groups in total. The van der Waals surface area contributed by atoms with E-state index in [1.807, 2.05) is 11.8 Å². The number of carbonyl (C=O) groups excluding carboxylic acids is 1. The lowest BCUT2D eigenvalue weighted by Gasteiger charge is -2.31. The Hall–Kier alpha value is -1.64. The topological polar surface area (TPSA) is 76.2 Å². The molecule has 0 saturated carbocycles. The van der Waals surface area contributed by atoms with Crippen LogP contribution in [-0.2, 0) is 19.6 Å². The van der Waals surface area contributed by atoms with Gasteiger partial charge in [0.1, 0.15) is 16.7 Å². The van der Waals surface area contributed by atoms with Gasteiger partial charge in [-0.1, -0.05) is 19.1 Å². The molecule has 0 spiro atoms. The quantitative estimate of drug-likeness (QED) is 0.760. The van der Waals surface area contributed by atoms with Gasteiger partial charge >= 0.3 is 0 Å². The Morgan fingerprint density at radius 2 is 2.00 bits per heavy atom. The van der Waals surface area contributed by atoms with Gasteiger partial charge in [-0.05, 0) is 25.0 Å². The summed E-state index contributed by atoms with van der Waals surface area (Å²) in [5.74, 6) is 0.515. The van der Waals surface area contributed by atoms with Crippen molar-refractivity contribution in [2.75, 3.05) is 33.4 Å². The lowest BCUT2D eigenvalue weighted by molar-refractivity contribution is -0.131. The van der Waals surface area contributed by atoms with E-state index >= 15 is 0 Å². The Balaban J connectivity index is 1.94. The predicted molar refractivity (Wildman–Crippen MR) is 101 cm³/mol. The first-order valence-corrected chi connectivity index (χ1v) is 11.0. The molecule has 27 heavy (non-hydrogen) atoms. The maximum atomic E-state index is 13.3. The molecule has 0 aliphatic carbocycles. The largest absolute Gasteiger partial charge is 0.487 e. The average molecular weight is 397 g/mol. The number of sulfonamides is 1. The van der Waals surface area contributed by atoms with Crippen molar-refractivity contribution in [3.05, 3.63) is 24.3 Å². The summed E-state index contributed by atoms with van der Waals surface area (Å²) in [6.45, 7) is 3.68. The zero-order chi connectivity index (χ0) is 19.4. The number of benzene rings is 1. The van der Waals surface area contributed by atoms with Gasteiger partial charge in [-0.3, -0.25) is 4.79 Å². The van der Waals surface area contributed by atoms with Crippen molar-refractivity contribution in [1.29, 1.82) is 0 Å². The van der Waals surface area contributed by atoms with E-state index < -0.39 is 10.0 Å². The molecular formula is C19H28N2O5S. The van der Waals surface area contributed by atoms with Gasteiger partial charge in [0, 0.05) is 39.6 Å². The fourth-order valence-corrected chi connectivity index (χ4v) is 5.63.